The zero-order chi connectivity index (χ0) is 18.1. The van der Waals surface area contributed by atoms with Gasteiger partial charge in [0.05, 0.1) is 20.6 Å². The summed E-state index contributed by atoms with van der Waals surface area (Å²) in [7, 11) is 2.66. The van der Waals surface area contributed by atoms with Gasteiger partial charge in [0.1, 0.15) is 12.4 Å². The number of benzene rings is 2. The van der Waals surface area contributed by atoms with Crippen LogP contribution in [0.4, 0.5) is 0 Å². The largest absolute Gasteiger partial charge is 0.488 e. The number of carbonyl (C=O) groups is 2. The third-order valence-corrected chi connectivity index (χ3v) is 3.49. The summed E-state index contributed by atoms with van der Waals surface area (Å²) in [5, 5.41) is 0. The zero-order valence-electron chi connectivity index (χ0n) is 14.2. The minimum Gasteiger partial charge on any atom is -0.488 e. The predicted molar refractivity (Wildman–Crippen MR) is 94.0 cm³/mol. The van der Waals surface area contributed by atoms with Gasteiger partial charge in [-0.15, -0.1) is 0 Å². The minimum absolute atomic E-state index is 0.147. The first-order chi connectivity index (χ1) is 12.1. The lowest BCUT2D eigenvalue weighted by Gasteiger charge is -2.11. The zero-order valence-corrected chi connectivity index (χ0v) is 14.2. The second kappa shape index (κ2) is 9.27. The Kier molecular flexibility index (Phi) is 6.77. The van der Waals surface area contributed by atoms with Crippen LogP contribution in [-0.2, 0) is 32.1 Å². The van der Waals surface area contributed by atoms with E-state index < -0.39 is 5.97 Å². The van der Waals surface area contributed by atoms with E-state index in [-0.39, 0.29) is 12.4 Å². The van der Waals surface area contributed by atoms with Crippen LogP contribution in [0.3, 0.4) is 0 Å². The Morgan fingerprint density at radius 1 is 0.960 bits per heavy atom. The molecule has 2 aromatic carbocycles. The Morgan fingerprint density at radius 3 is 2.40 bits per heavy atom. The van der Waals surface area contributed by atoms with Crippen molar-refractivity contribution >= 4 is 18.0 Å². The smallest absolute Gasteiger partial charge is 0.330 e. The van der Waals surface area contributed by atoms with Crippen molar-refractivity contribution < 1.29 is 23.8 Å². The van der Waals surface area contributed by atoms with Crippen LogP contribution >= 0.6 is 0 Å². The molecule has 0 atom stereocenters. The van der Waals surface area contributed by atoms with E-state index in [1.165, 1.54) is 20.3 Å². The molecule has 0 aliphatic rings. The summed E-state index contributed by atoms with van der Waals surface area (Å²) in [5.41, 5.74) is 2.48. The van der Waals surface area contributed by atoms with E-state index in [9.17, 15) is 9.59 Å². The second-order valence-electron chi connectivity index (χ2n) is 5.26. The number of esters is 2. The quantitative estimate of drug-likeness (QED) is 0.572. The topological polar surface area (TPSA) is 61.8 Å². The Morgan fingerprint density at radius 2 is 1.72 bits per heavy atom. The van der Waals surface area contributed by atoms with E-state index in [4.69, 9.17) is 4.74 Å². The Bertz CT molecular complexity index is 750. The average molecular weight is 340 g/mol. The Labute approximate surface area is 146 Å². The molecule has 0 saturated heterocycles. The van der Waals surface area contributed by atoms with Crippen LogP contribution in [0.5, 0.6) is 5.75 Å². The molecule has 0 aliphatic carbocycles. The molecule has 130 valence electrons. The van der Waals surface area contributed by atoms with Crippen molar-refractivity contribution in [3.05, 3.63) is 71.3 Å². The lowest BCUT2D eigenvalue weighted by atomic mass is 10.1. The number of hydrogen-bond acceptors (Lipinski definition) is 5. The van der Waals surface area contributed by atoms with Gasteiger partial charge in [-0.3, -0.25) is 4.79 Å². The fourth-order valence-corrected chi connectivity index (χ4v) is 2.17. The SMILES string of the molecule is COC(=O)/C=C\c1cc(CC(=O)OC)ccc1OCc1ccccc1. The van der Waals surface area contributed by atoms with Crippen LogP contribution in [-0.4, -0.2) is 26.2 Å². The van der Waals surface area contributed by atoms with E-state index in [1.807, 2.05) is 30.3 Å². The van der Waals surface area contributed by atoms with Gasteiger partial charge in [0.2, 0.25) is 0 Å². The molecule has 0 unspecified atom stereocenters. The Balaban J connectivity index is 2.22. The number of hydrogen-bond donors (Lipinski definition) is 0. The molecule has 0 amide bonds. The molecule has 0 radical (unpaired) electrons. The molecule has 0 fully saturated rings. The molecule has 0 aliphatic heterocycles. The van der Waals surface area contributed by atoms with Gasteiger partial charge < -0.3 is 14.2 Å². The first kappa shape index (κ1) is 18.3. The molecule has 2 aromatic rings. The van der Waals surface area contributed by atoms with Gasteiger partial charge in [-0.1, -0.05) is 36.4 Å². The number of carbonyl (C=O) groups excluding carboxylic acids is 2. The third-order valence-electron chi connectivity index (χ3n) is 3.49. The van der Waals surface area contributed by atoms with Crippen LogP contribution < -0.4 is 4.74 Å². The van der Waals surface area contributed by atoms with Crippen LogP contribution in [0.2, 0.25) is 0 Å². The number of rotatable bonds is 7. The molecular weight excluding hydrogens is 320 g/mol. The molecule has 0 bridgehead atoms. The molecular formula is C20H20O5. The monoisotopic (exact) mass is 340 g/mol. The van der Waals surface area contributed by atoms with Crippen molar-refractivity contribution in [1.29, 1.82) is 0 Å². The molecule has 0 N–H and O–H groups in total. The van der Waals surface area contributed by atoms with Crippen molar-refractivity contribution in [3.63, 3.8) is 0 Å². The van der Waals surface area contributed by atoms with Gasteiger partial charge in [-0.2, -0.15) is 0 Å². The average Bonchev–Trinajstić information content (AvgIpc) is 2.65. The maximum Gasteiger partial charge on any atom is 0.330 e. The van der Waals surface area contributed by atoms with E-state index in [0.717, 1.165) is 11.1 Å². The molecule has 0 spiro atoms. The van der Waals surface area contributed by atoms with Crippen LogP contribution in [0, 0.1) is 0 Å². The van der Waals surface area contributed by atoms with Gasteiger partial charge in [0.15, 0.2) is 0 Å². The van der Waals surface area contributed by atoms with Gasteiger partial charge in [0.25, 0.3) is 0 Å². The highest BCUT2D eigenvalue weighted by molar-refractivity contribution is 5.87. The van der Waals surface area contributed by atoms with Crippen molar-refractivity contribution in [3.8, 4) is 5.75 Å². The van der Waals surface area contributed by atoms with Crippen LogP contribution in [0.15, 0.2) is 54.6 Å². The third kappa shape index (κ3) is 5.80. The summed E-state index contributed by atoms with van der Waals surface area (Å²) in [6.45, 7) is 0.399. The molecule has 0 heterocycles. The summed E-state index contributed by atoms with van der Waals surface area (Å²) in [5.74, 6) is -0.189. The van der Waals surface area contributed by atoms with E-state index in [2.05, 4.69) is 9.47 Å². The van der Waals surface area contributed by atoms with Gasteiger partial charge in [-0.25, -0.2) is 4.79 Å². The first-order valence-electron chi connectivity index (χ1n) is 7.75. The molecule has 5 nitrogen and oxygen atoms in total. The lowest BCUT2D eigenvalue weighted by molar-refractivity contribution is -0.139. The minimum atomic E-state index is -0.465. The standard InChI is InChI=1S/C20H20O5/c1-23-19(21)11-9-17-12-16(13-20(22)24-2)8-10-18(17)25-14-15-6-4-3-5-7-15/h3-12H,13-14H2,1-2H3/b11-9-. The maximum atomic E-state index is 11.5. The molecule has 0 aromatic heterocycles. The lowest BCUT2D eigenvalue weighted by Crippen LogP contribution is -2.05. The first-order valence-corrected chi connectivity index (χ1v) is 7.75. The summed E-state index contributed by atoms with van der Waals surface area (Å²) >= 11 is 0. The number of methoxy groups -OCH3 is 2. The summed E-state index contributed by atoms with van der Waals surface area (Å²) in [6, 6.07) is 15.1. The highest BCUT2D eigenvalue weighted by Crippen LogP contribution is 2.23. The summed E-state index contributed by atoms with van der Waals surface area (Å²) < 4.78 is 15.2. The van der Waals surface area contributed by atoms with E-state index >= 15 is 0 Å². The van der Waals surface area contributed by atoms with E-state index in [1.54, 1.807) is 24.3 Å². The highest BCUT2D eigenvalue weighted by atomic mass is 16.5. The van der Waals surface area contributed by atoms with Crippen LogP contribution in [0.1, 0.15) is 16.7 Å². The van der Waals surface area contributed by atoms with Crippen molar-refractivity contribution in [2.24, 2.45) is 0 Å². The number of ether oxygens (including phenoxy) is 3. The maximum absolute atomic E-state index is 11.5. The van der Waals surface area contributed by atoms with Crippen LogP contribution in [0.25, 0.3) is 6.08 Å². The van der Waals surface area contributed by atoms with Gasteiger partial charge in [0, 0.05) is 11.6 Å². The fourth-order valence-electron chi connectivity index (χ4n) is 2.17. The predicted octanol–water partition coefficient (Wildman–Crippen LogP) is 3.17. The summed E-state index contributed by atoms with van der Waals surface area (Å²) in [4.78, 5) is 22.8. The second-order valence-corrected chi connectivity index (χ2v) is 5.26. The van der Waals surface area contributed by atoms with Crippen molar-refractivity contribution in [2.75, 3.05) is 14.2 Å². The highest BCUT2D eigenvalue weighted by Gasteiger charge is 2.08. The molecule has 25 heavy (non-hydrogen) atoms. The van der Waals surface area contributed by atoms with Gasteiger partial charge in [-0.05, 0) is 29.3 Å². The fraction of sp³-hybridized carbons (Fsp3) is 0.200. The van der Waals surface area contributed by atoms with Gasteiger partial charge >= 0.3 is 11.9 Å². The normalized spacial score (nSPS) is 10.5. The molecule has 5 heteroatoms. The molecule has 2 rings (SSSR count). The Hall–Kier alpha value is -3.08. The van der Waals surface area contributed by atoms with E-state index in [0.29, 0.717) is 17.9 Å². The molecule has 0 saturated carbocycles. The summed E-state index contributed by atoms with van der Waals surface area (Å²) in [6.07, 6.45) is 3.06. The van der Waals surface area contributed by atoms with Crippen molar-refractivity contribution in [1.82, 2.24) is 0 Å². The van der Waals surface area contributed by atoms with Crippen molar-refractivity contribution in [2.45, 2.75) is 13.0 Å².